The third kappa shape index (κ3) is 13.8. The predicted octanol–water partition coefficient (Wildman–Crippen LogP) is 23.1. The maximum atomic E-state index is 8.67. The number of aromatic nitrogens is 8. The van der Waals surface area contributed by atoms with E-state index in [4.69, 9.17) is 50.1 Å². The number of aryl methyl sites for hydroxylation is 8. The Morgan fingerprint density at radius 2 is 0.721 bits per heavy atom. The van der Waals surface area contributed by atoms with Gasteiger partial charge in [-0.1, -0.05) is 127 Å². The van der Waals surface area contributed by atoms with Crippen molar-refractivity contribution in [2.24, 2.45) is 30.7 Å². The summed E-state index contributed by atoms with van der Waals surface area (Å²) in [6.07, 6.45) is 2.52. The van der Waals surface area contributed by atoms with Gasteiger partial charge in [-0.2, -0.15) is 13.7 Å². The summed E-state index contributed by atoms with van der Waals surface area (Å²) in [4.78, 5) is 18.7. The molecule has 4 aromatic carbocycles. The fourth-order valence-corrected chi connectivity index (χ4v) is 16.2. The van der Waals surface area contributed by atoms with Crippen LogP contribution in [0, 0.1) is 58.2 Å². The lowest BCUT2D eigenvalue weighted by atomic mass is 9.96. The van der Waals surface area contributed by atoms with E-state index in [0.717, 1.165) is 170 Å². The fraction of sp³-hybridized carbons (Fsp3) is 0.354. The van der Waals surface area contributed by atoms with E-state index in [0.29, 0.717) is 64.4 Å². The molecule has 111 heavy (non-hydrogen) atoms. The van der Waals surface area contributed by atoms with Gasteiger partial charge in [0.25, 0.3) is 0 Å². The van der Waals surface area contributed by atoms with Crippen LogP contribution in [0.15, 0.2) is 164 Å². The molecule has 0 fully saturated rings. The number of pyridine rings is 8. The molecule has 0 saturated heterocycles. The van der Waals surface area contributed by atoms with Crippen LogP contribution in [-0.2, 0) is 65.1 Å². The molecule has 0 unspecified atom stereocenters. The van der Waals surface area contributed by atoms with E-state index < -0.39 is 58.3 Å². The molecular weight excluding hydrogens is 1370 g/mol. The normalized spacial score (nSPS) is 16.4. The van der Waals surface area contributed by atoms with Gasteiger partial charge in [0.15, 0.2) is 66.8 Å². The van der Waals surface area contributed by atoms with Crippen LogP contribution >= 0.6 is 0 Å². The van der Waals surface area contributed by atoms with E-state index in [2.05, 4.69) is 149 Å². The Balaban J connectivity index is 0.000000128. The summed E-state index contributed by atoms with van der Waals surface area (Å²) in [7, 11) is 1.98. The van der Waals surface area contributed by atoms with Crippen LogP contribution in [0.25, 0.3) is 133 Å². The first-order chi connectivity index (χ1) is 61.2. The summed E-state index contributed by atoms with van der Waals surface area (Å²) in [5.74, 6) is -5.56. The predicted molar refractivity (Wildman–Crippen MR) is 452 cm³/mol. The van der Waals surface area contributed by atoms with E-state index in [9.17, 15) is 0 Å². The van der Waals surface area contributed by atoms with Gasteiger partial charge in [-0.3, -0.25) is 0 Å². The number of furan rings is 4. The van der Waals surface area contributed by atoms with Crippen molar-refractivity contribution in [3.8, 4) is 45.0 Å². The van der Waals surface area contributed by atoms with Gasteiger partial charge in [-0.15, -0.1) is 0 Å². The Bertz CT molecular complexity index is 7300. The highest BCUT2D eigenvalue weighted by atomic mass is 16.4. The molecule has 0 radical (unpaired) electrons. The molecule has 19 rings (SSSR count). The van der Waals surface area contributed by atoms with Crippen LogP contribution in [0.3, 0.4) is 0 Å². The summed E-state index contributed by atoms with van der Waals surface area (Å²) in [6, 6.07) is 40.8. The zero-order valence-electron chi connectivity index (χ0n) is 86.1. The fourth-order valence-electron chi connectivity index (χ4n) is 16.2. The molecule has 0 N–H and O–H groups in total. The molecule has 15 heterocycles. The van der Waals surface area contributed by atoms with Crippen molar-refractivity contribution in [2.75, 3.05) is 0 Å². The van der Waals surface area contributed by atoms with Crippen molar-refractivity contribution >= 4 is 88.3 Å². The van der Waals surface area contributed by atoms with E-state index in [-0.39, 0.29) is 23.0 Å². The Labute approximate surface area is 681 Å². The Hall–Kier alpha value is -10.7. The van der Waals surface area contributed by atoms with E-state index >= 15 is 0 Å². The third-order valence-electron chi connectivity index (χ3n) is 21.9. The number of fused-ring (bicyclic) bond motifs is 24. The highest BCUT2D eigenvalue weighted by molar-refractivity contribution is 6.12. The van der Waals surface area contributed by atoms with Gasteiger partial charge in [0.05, 0.1) is 22.3 Å². The highest BCUT2D eigenvalue weighted by Gasteiger charge is 2.36. The smallest absolute Gasteiger partial charge is 0.227 e. The van der Waals surface area contributed by atoms with Crippen molar-refractivity contribution in [1.29, 1.82) is 0 Å². The number of hydrogen-bond acceptors (Lipinski definition) is 8. The van der Waals surface area contributed by atoms with Crippen molar-refractivity contribution < 1.29 is 63.4 Å². The zero-order chi connectivity index (χ0) is 95.1. The molecule has 564 valence electrons. The molecule has 16 aromatic rings. The van der Waals surface area contributed by atoms with Crippen LogP contribution in [0.2, 0.25) is 0 Å². The van der Waals surface area contributed by atoms with Crippen molar-refractivity contribution in [3.05, 3.63) is 236 Å². The topological polar surface area (TPSA) is 120 Å². The maximum absolute atomic E-state index is 8.67. The number of rotatable bonds is 13. The van der Waals surface area contributed by atoms with Gasteiger partial charge in [0, 0.05) is 156 Å². The average molecular weight is 1490 g/mol. The number of nitrogens with zero attached hydrogens (tertiary/aromatic N) is 8. The molecule has 0 bridgehead atoms. The molecule has 3 aliphatic heterocycles. The van der Waals surface area contributed by atoms with Gasteiger partial charge in [0.1, 0.15) is 7.05 Å². The summed E-state index contributed by atoms with van der Waals surface area (Å²) < 4.78 is 195. The quantitative estimate of drug-likeness (QED) is 0.105. The largest absolute Gasteiger partial charge is 0.437 e. The first-order valence-corrected chi connectivity index (χ1v) is 38.7. The minimum absolute atomic E-state index is 0.110. The average Bonchev–Trinajstić information content (AvgIpc) is 1.71. The molecule has 12 aromatic heterocycles. The van der Waals surface area contributed by atoms with Crippen molar-refractivity contribution in [1.82, 2.24) is 19.9 Å². The van der Waals surface area contributed by atoms with Crippen LogP contribution in [0.5, 0.6) is 0 Å². The minimum atomic E-state index is -3.40. The summed E-state index contributed by atoms with van der Waals surface area (Å²) in [5, 5.41) is 7.93. The van der Waals surface area contributed by atoms with Crippen LogP contribution in [-0.4, -0.2) is 19.9 Å². The molecule has 0 atom stereocenters. The van der Waals surface area contributed by atoms with Gasteiger partial charge < -0.3 is 17.7 Å². The molecule has 0 aliphatic carbocycles. The van der Waals surface area contributed by atoms with Gasteiger partial charge >= 0.3 is 0 Å². The van der Waals surface area contributed by atoms with Gasteiger partial charge in [-0.05, 0) is 203 Å². The van der Waals surface area contributed by atoms with Crippen LogP contribution < -0.4 is 18.3 Å². The number of hydrogen-bond donors (Lipinski definition) is 0. The molecule has 12 nitrogen and oxygen atoms in total. The maximum Gasteiger partial charge on any atom is 0.227 e. The molecule has 0 spiro atoms. The third-order valence-corrected chi connectivity index (χ3v) is 21.9. The molecule has 3 aliphatic rings. The second-order valence-electron chi connectivity index (χ2n) is 31.5. The second kappa shape index (κ2) is 29.5. The van der Waals surface area contributed by atoms with E-state index in [1.165, 1.54) is 40.3 Å². The Kier molecular flexibility index (Phi) is 14.4. The lowest BCUT2D eigenvalue weighted by molar-refractivity contribution is -0.672. The monoisotopic (exact) mass is 1490 g/mol. The SMILES string of the molecule is Cc1cc2[n+](cc1CC(C)C)Cc1ccc3c(oc4nc(C(C)C)ccc43)c1-2.[2H]C([2H])([2H])C([2H])(C([2H])([2H])[2H])C([2H])([2H])c1c[n+]2c(cc1C)-c1c(ccc3c1oc1nc(C(C)C)ccc13)C2.[2H]C([2H])([2H])C([2H])(C([2H])([2H])[2H])C([2H])([2H])c1c[n+]2c(cc1C)-c1c(ccc3c1oc1nc(CC)ccc13)C2.[2H]C([2H])(c1c[n+](C)c(-c2c(C)ccc3c2oc2nc(CC)ccc23)cc1C)C(C)C. The van der Waals surface area contributed by atoms with Crippen molar-refractivity contribution in [3.63, 3.8) is 0 Å². The molecule has 12 heteroatoms. The second-order valence-corrected chi connectivity index (χ2v) is 31.5. The standard InChI is InChI=1S/2C25H27N2O.C25H29N2O.C24H25N2O/c2*1-14(2)10-18-13-27-12-17-6-7-19-20-8-9-21(15(3)4)26-25(20)28-24(19)23(17)22(27)11-16(18)5;1-7-19-9-11-21-20-10-8-16(4)23(24(20)28-25(21)26-19)22-13-17(5)18(12-15(2)3)14-27(22)6;1-5-18-7-9-20-19-8-6-16-12-26-13-17(10-14(2)3)15(4)11-21(26)22(16)23(19)27-24(20)25-18/h2*6-9,11,13-15H,10,12H2,1-5H3;8-11,13-15H,7,12H2,1-6H3;6-9,11,13-14H,5,10,12H2,1-4H3/q4*+1/i1D3,2D3,10D2,14D;;12D2;2D3,3D3,10D2,14D. The number of benzene rings is 4. The van der Waals surface area contributed by atoms with Crippen molar-refractivity contribution in [2.45, 2.75) is 201 Å². The summed E-state index contributed by atoms with van der Waals surface area (Å²) >= 11 is 0. The first kappa shape index (κ1) is 54.0. The zero-order valence-corrected chi connectivity index (χ0v) is 66.1. The Morgan fingerprint density at radius 3 is 1.10 bits per heavy atom. The molecular formula is C99H108N8O4+4. The van der Waals surface area contributed by atoms with E-state index in [1.807, 2.05) is 94.0 Å². The Morgan fingerprint density at radius 1 is 0.378 bits per heavy atom. The van der Waals surface area contributed by atoms with Crippen LogP contribution in [0.1, 0.15) is 225 Å². The van der Waals surface area contributed by atoms with Gasteiger partial charge in [0.2, 0.25) is 45.6 Å². The summed E-state index contributed by atoms with van der Waals surface area (Å²) in [6.45, 7) is 18.5. The van der Waals surface area contributed by atoms with Gasteiger partial charge in [-0.25, -0.2) is 24.5 Å². The molecule has 0 amide bonds. The lowest BCUT2D eigenvalue weighted by Gasteiger charge is -2.11. The highest BCUT2D eigenvalue weighted by Crippen LogP contribution is 2.45. The minimum Gasteiger partial charge on any atom is -0.437 e. The van der Waals surface area contributed by atoms with Crippen LogP contribution in [0.4, 0.5) is 0 Å². The van der Waals surface area contributed by atoms with E-state index in [1.54, 1.807) is 35.1 Å². The first-order valence-electron chi connectivity index (χ1n) is 48.7. The molecule has 0 saturated carbocycles. The summed E-state index contributed by atoms with van der Waals surface area (Å²) in [5.41, 5.74) is 26.4. The lowest BCUT2D eigenvalue weighted by Crippen LogP contribution is -2.33.